The molecule has 0 saturated carbocycles. The fraction of sp³-hybridized carbons (Fsp3) is 0. The molecule has 0 radical (unpaired) electrons. The van der Waals surface area contributed by atoms with E-state index in [1.807, 2.05) is 0 Å². The second kappa shape index (κ2) is 3.92. The summed E-state index contributed by atoms with van der Waals surface area (Å²) in [4.78, 5) is 23.2. The molecule has 88 valence electrons. The summed E-state index contributed by atoms with van der Waals surface area (Å²) < 4.78 is 1.70. The first-order valence-corrected chi connectivity index (χ1v) is 5.23. The standard InChI is InChI=1S/C12H8N4O2/c17-12(18)10-9-7-14-5-6-16(9)11(15-10)8-1-3-13-4-2-8/h1-7H,(H,17,18). The van der Waals surface area contributed by atoms with Gasteiger partial charge in [0.1, 0.15) is 5.82 Å². The summed E-state index contributed by atoms with van der Waals surface area (Å²) in [6.45, 7) is 0. The molecule has 18 heavy (non-hydrogen) atoms. The van der Waals surface area contributed by atoms with Crippen molar-refractivity contribution < 1.29 is 9.90 Å². The van der Waals surface area contributed by atoms with Crippen molar-refractivity contribution in [3.63, 3.8) is 0 Å². The zero-order valence-electron chi connectivity index (χ0n) is 9.19. The van der Waals surface area contributed by atoms with Crippen molar-refractivity contribution in [1.29, 1.82) is 0 Å². The molecule has 0 aliphatic rings. The van der Waals surface area contributed by atoms with Gasteiger partial charge in [0, 0.05) is 30.4 Å². The Morgan fingerprint density at radius 2 is 1.94 bits per heavy atom. The van der Waals surface area contributed by atoms with Gasteiger partial charge in [-0.15, -0.1) is 0 Å². The largest absolute Gasteiger partial charge is 0.476 e. The predicted octanol–water partition coefficient (Wildman–Crippen LogP) is 1.49. The minimum absolute atomic E-state index is 0.00471. The number of nitrogens with zero attached hydrogens (tertiary/aromatic N) is 4. The maximum atomic E-state index is 11.1. The molecule has 0 aromatic carbocycles. The summed E-state index contributed by atoms with van der Waals surface area (Å²) in [6, 6.07) is 3.56. The van der Waals surface area contributed by atoms with Gasteiger partial charge in [-0.3, -0.25) is 14.4 Å². The molecule has 0 spiro atoms. The quantitative estimate of drug-likeness (QED) is 0.734. The Morgan fingerprint density at radius 3 is 2.67 bits per heavy atom. The van der Waals surface area contributed by atoms with Gasteiger partial charge in [0.15, 0.2) is 5.69 Å². The smallest absolute Gasteiger partial charge is 0.356 e. The van der Waals surface area contributed by atoms with Gasteiger partial charge in [0.25, 0.3) is 0 Å². The van der Waals surface area contributed by atoms with Gasteiger partial charge in [-0.1, -0.05) is 0 Å². The highest BCUT2D eigenvalue weighted by Crippen LogP contribution is 2.21. The molecule has 1 N–H and O–H groups in total. The molecule has 0 unspecified atom stereocenters. The molecule has 0 aliphatic carbocycles. The van der Waals surface area contributed by atoms with E-state index in [2.05, 4.69) is 15.0 Å². The van der Waals surface area contributed by atoms with Gasteiger partial charge in [0.05, 0.1) is 11.7 Å². The number of rotatable bonds is 2. The Bertz CT molecular complexity index is 721. The maximum Gasteiger partial charge on any atom is 0.356 e. The van der Waals surface area contributed by atoms with Gasteiger partial charge in [-0.2, -0.15) is 0 Å². The maximum absolute atomic E-state index is 11.1. The fourth-order valence-corrected chi connectivity index (χ4v) is 1.80. The molecule has 0 aliphatic heterocycles. The molecular weight excluding hydrogens is 232 g/mol. The second-order valence-electron chi connectivity index (χ2n) is 3.66. The summed E-state index contributed by atoms with van der Waals surface area (Å²) in [6.07, 6.45) is 8.03. The normalized spacial score (nSPS) is 10.7. The van der Waals surface area contributed by atoms with Gasteiger partial charge >= 0.3 is 5.97 Å². The fourth-order valence-electron chi connectivity index (χ4n) is 1.80. The van der Waals surface area contributed by atoms with Crippen LogP contribution in [0.25, 0.3) is 16.9 Å². The van der Waals surface area contributed by atoms with E-state index in [-0.39, 0.29) is 5.69 Å². The van der Waals surface area contributed by atoms with Crippen molar-refractivity contribution in [3.8, 4) is 11.4 Å². The molecule has 0 fully saturated rings. The van der Waals surface area contributed by atoms with E-state index < -0.39 is 5.97 Å². The van der Waals surface area contributed by atoms with Gasteiger partial charge in [-0.05, 0) is 12.1 Å². The van der Waals surface area contributed by atoms with Crippen molar-refractivity contribution in [2.45, 2.75) is 0 Å². The van der Waals surface area contributed by atoms with Crippen LogP contribution < -0.4 is 0 Å². The zero-order valence-corrected chi connectivity index (χ0v) is 9.19. The van der Waals surface area contributed by atoms with Crippen LogP contribution in [0.15, 0.2) is 43.1 Å². The Morgan fingerprint density at radius 1 is 1.17 bits per heavy atom. The van der Waals surface area contributed by atoms with E-state index in [0.717, 1.165) is 5.56 Å². The zero-order chi connectivity index (χ0) is 12.5. The number of imidazole rings is 1. The molecule has 6 nitrogen and oxygen atoms in total. The summed E-state index contributed by atoms with van der Waals surface area (Å²) >= 11 is 0. The van der Waals surface area contributed by atoms with Crippen LogP contribution in [0.2, 0.25) is 0 Å². The van der Waals surface area contributed by atoms with Crippen LogP contribution >= 0.6 is 0 Å². The number of aromatic carboxylic acids is 1. The van der Waals surface area contributed by atoms with Crippen molar-refractivity contribution >= 4 is 11.5 Å². The number of hydrogen-bond donors (Lipinski definition) is 1. The lowest BCUT2D eigenvalue weighted by Crippen LogP contribution is -1.97. The summed E-state index contributed by atoms with van der Waals surface area (Å²) in [5.41, 5.74) is 1.27. The third-order valence-corrected chi connectivity index (χ3v) is 2.59. The van der Waals surface area contributed by atoms with E-state index in [1.54, 1.807) is 41.3 Å². The van der Waals surface area contributed by atoms with Crippen LogP contribution in [0, 0.1) is 0 Å². The molecule has 3 rings (SSSR count). The monoisotopic (exact) mass is 240 g/mol. The van der Waals surface area contributed by atoms with E-state index >= 15 is 0 Å². The Labute approximate surface area is 102 Å². The second-order valence-corrected chi connectivity index (χ2v) is 3.66. The van der Waals surface area contributed by atoms with Crippen LogP contribution in [-0.2, 0) is 0 Å². The van der Waals surface area contributed by atoms with Crippen molar-refractivity contribution in [2.75, 3.05) is 0 Å². The average molecular weight is 240 g/mol. The van der Waals surface area contributed by atoms with E-state index in [4.69, 9.17) is 5.11 Å². The van der Waals surface area contributed by atoms with E-state index in [9.17, 15) is 4.79 Å². The summed E-state index contributed by atoms with van der Waals surface area (Å²) in [5, 5.41) is 9.13. The molecule has 0 atom stereocenters. The lowest BCUT2D eigenvalue weighted by Gasteiger charge is -1.99. The van der Waals surface area contributed by atoms with E-state index in [1.165, 1.54) is 6.20 Å². The summed E-state index contributed by atoms with van der Waals surface area (Å²) in [5.74, 6) is -0.506. The third-order valence-electron chi connectivity index (χ3n) is 2.59. The van der Waals surface area contributed by atoms with Crippen LogP contribution in [0.1, 0.15) is 10.5 Å². The Hall–Kier alpha value is -2.76. The highest BCUT2D eigenvalue weighted by Gasteiger charge is 2.17. The number of carboxylic acid groups (broad SMARTS) is 1. The van der Waals surface area contributed by atoms with Gasteiger partial charge in [-0.25, -0.2) is 9.78 Å². The molecule has 3 heterocycles. The number of fused-ring (bicyclic) bond motifs is 1. The highest BCUT2D eigenvalue weighted by molar-refractivity contribution is 5.94. The average Bonchev–Trinajstić information content (AvgIpc) is 2.79. The molecule has 3 aromatic heterocycles. The highest BCUT2D eigenvalue weighted by atomic mass is 16.4. The molecule has 3 aromatic rings. The number of carbonyl (C=O) groups is 1. The summed E-state index contributed by atoms with van der Waals surface area (Å²) in [7, 11) is 0. The first-order valence-electron chi connectivity index (χ1n) is 5.23. The van der Waals surface area contributed by atoms with Crippen molar-refractivity contribution in [3.05, 3.63) is 48.8 Å². The molecule has 6 heteroatoms. The molecule has 0 amide bonds. The number of hydrogen-bond acceptors (Lipinski definition) is 4. The van der Waals surface area contributed by atoms with E-state index in [0.29, 0.717) is 11.3 Å². The topological polar surface area (TPSA) is 80.4 Å². The minimum atomic E-state index is -1.07. The van der Waals surface area contributed by atoms with Crippen LogP contribution in [0.3, 0.4) is 0 Å². The SMILES string of the molecule is O=C(O)c1nc(-c2ccncc2)n2ccncc12. The van der Waals surface area contributed by atoms with Crippen molar-refractivity contribution in [1.82, 2.24) is 19.4 Å². The molecular formula is C12H8N4O2. The van der Waals surface area contributed by atoms with Crippen LogP contribution in [0.5, 0.6) is 0 Å². The lowest BCUT2D eigenvalue weighted by atomic mass is 10.2. The molecule has 0 bridgehead atoms. The molecule has 0 saturated heterocycles. The number of carboxylic acids is 1. The van der Waals surface area contributed by atoms with Crippen molar-refractivity contribution in [2.24, 2.45) is 0 Å². The van der Waals surface area contributed by atoms with Crippen LogP contribution in [0.4, 0.5) is 0 Å². The van der Waals surface area contributed by atoms with Crippen LogP contribution in [-0.4, -0.2) is 30.4 Å². The predicted molar refractivity (Wildman–Crippen MR) is 63.2 cm³/mol. The minimum Gasteiger partial charge on any atom is -0.476 e. The number of pyridine rings is 1. The lowest BCUT2D eigenvalue weighted by molar-refractivity contribution is 0.0693. The van der Waals surface area contributed by atoms with Gasteiger partial charge in [0.2, 0.25) is 0 Å². The Balaban J connectivity index is 2.34. The van der Waals surface area contributed by atoms with Gasteiger partial charge < -0.3 is 5.11 Å². The first kappa shape index (κ1) is 10.4. The number of aromatic nitrogens is 4. The first-order chi connectivity index (χ1) is 8.77. The third kappa shape index (κ3) is 1.51. The Kier molecular flexibility index (Phi) is 2.26.